The van der Waals surface area contributed by atoms with Crippen LogP contribution < -0.4 is 10.6 Å². The summed E-state index contributed by atoms with van der Waals surface area (Å²) in [7, 11) is 1.21. The van der Waals surface area contributed by atoms with E-state index in [-0.39, 0.29) is 5.91 Å². The lowest BCUT2D eigenvalue weighted by Crippen LogP contribution is -2.55. The van der Waals surface area contributed by atoms with Crippen molar-refractivity contribution < 1.29 is 29.6 Å². The standard InChI is InChI=1S/C20H28N2O6/c1-28-18(20(27)22-14-9-5-6-12-21-19(14)26)17(25)16(24)15(23)11-10-13-7-3-2-4-8-13/h2-4,7-8,10-11,14-18,23-25H,5-6,9,12H2,1H3,(H,21,26)(H,22,27)/b11-10+/t14-,15+,16-,17+,18+/m0/s1. The predicted molar refractivity (Wildman–Crippen MR) is 103 cm³/mol. The van der Waals surface area contributed by atoms with E-state index >= 15 is 0 Å². The zero-order valence-corrected chi connectivity index (χ0v) is 15.8. The van der Waals surface area contributed by atoms with Crippen molar-refractivity contribution >= 4 is 17.9 Å². The fourth-order valence-corrected chi connectivity index (χ4v) is 3.00. The molecule has 1 fully saturated rings. The van der Waals surface area contributed by atoms with Crippen molar-refractivity contribution in [2.75, 3.05) is 13.7 Å². The van der Waals surface area contributed by atoms with Crippen LogP contribution in [0.15, 0.2) is 36.4 Å². The number of methoxy groups -OCH3 is 1. The molecule has 0 bridgehead atoms. The molecule has 0 spiro atoms. The number of hydrogen-bond donors (Lipinski definition) is 5. The normalized spacial score (nSPS) is 22.0. The summed E-state index contributed by atoms with van der Waals surface area (Å²) in [4.78, 5) is 24.4. The van der Waals surface area contributed by atoms with Crippen LogP contribution >= 0.6 is 0 Å². The van der Waals surface area contributed by atoms with Crippen molar-refractivity contribution in [3.8, 4) is 0 Å². The number of aliphatic hydroxyl groups excluding tert-OH is 3. The summed E-state index contributed by atoms with van der Waals surface area (Å²) in [6.07, 6.45) is -1.19. The molecule has 1 saturated heterocycles. The Morgan fingerprint density at radius 1 is 1.21 bits per heavy atom. The second-order valence-electron chi connectivity index (χ2n) is 6.75. The molecule has 2 amide bonds. The molecule has 8 heteroatoms. The fourth-order valence-electron chi connectivity index (χ4n) is 3.00. The van der Waals surface area contributed by atoms with Gasteiger partial charge in [-0.05, 0) is 24.8 Å². The molecular weight excluding hydrogens is 364 g/mol. The lowest BCUT2D eigenvalue weighted by atomic mass is 10.0. The first-order valence-electron chi connectivity index (χ1n) is 9.32. The van der Waals surface area contributed by atoms with Gasteiger partial charge in [0.1, 0.15) is 24.4 Å². The number of benzene rings is 1. The zero-order chi connectivity index (χ0) is 20.5. The number of rotatable bonds is 8. The van der Waals surface area contributed by atoms with Gasteiger partial charge in [-0.25, -0.2) is 0 Å². The van der Waals surface area contributed by atoms with Crippen LogP contribution in [0.2, 0.25) is 0 Å². The predicted octanol–water partition coefficient (Wildman–Crippen LogP) is -0.418. The summed E-state index contributed by atoms with van der Waals surface area (Å²) in [5, 5.41) is 35.9. The highest BCUT2D eigenvalue weighted by Gasteiger charge is 2.36. The lowest BCUT2D eigenvalue weighted by Gasteiger charge is -2.28. The van der Waals surface area contributed by atoms with E-state index in [1.807, 2.05) is 30.3 Å². The van der Waals surface area contributed by atoms with Crippen molar-refractivity contribution in [3.05, 3.63) is 42.0 Å². The van der Waals surface area contributed by atoms with Crippen LogP contribution in [0.4, 0.5) is 0 Å². The zero-order valence-electron chi connectivity index (χ0n) is 15.8. The molecule has 1 heterocycles. The van der Waals surface area contributed by atoms with Gasteiger partial charge >= 0.3 is 0 Å². The van der Waals surface area contributed by atoms with Gasteiger partial charge < -0.3 is 30.7 Å². The van der Waals surface area contributed by atoms with E-state index in [0.29, 0.717) is 13.0 Å². The first-order chi connectivity index (χ1) is 13.4. The van der Waals surface area contributed by atoms with Crippen LogP contribution in [-0.2, 0) is 14.3 Å². The molecule has 1 aliphatic heterocycles. The Morgan fingerprint density at radius 3 is 2.61 bits per heavy atom. The molecule has 0 radical (unpaired) electrons. The van der Waals surface area contributed by atoms with Crippen LogP contribution in [-0.4, -0.2) is 71.2 Å². The van der Waals surface area contributed by atoms with Crippen LogP contribution in [0.5, 0.6) is 0 Å². The van der Waals surface area contributed by atoms with Gasteiger partial charge in [-0.15, -0.1) is 0 Å². The van der Waals surface area contributed by atoms with Crippen molar-refractivity contribution in [2.45, 2.75) is 49.7 Å². The maximum Gasteiger partial charge on any atom is 0.252 e. The summed E-state index contributed by atoms with van der Waals surface area (Å²) in [5.74, 6) is -1.02. The SMILES string of the molecule is CO[C@@H](C(=O)N[C@H]1CCCCNC1=O)[C@H](O)[C@@H](O)[C@H](O)/C=C/c1ccccc1. The molecule has 5 atom stereocenters. The van der Waals surface area contributed by atoms with Crippen LogP contribution in [0.1, 0.15) is 24.8 Å². The average molecular weight is 392 g/mol. The number of carbonyl (C=O) groups excluding carboxylic acids is 2. The lowest BCUT2D eigenvalue weighted by molar-refractivity contribution is -0.150. The summed E-state index contributed by atoms with van der Waals surface area (Å²) in [6, 6.07) is 8.41. The van der Waals surface area contributed by atoms with E-state index in [4.69, 9.17) is 4.74 Å². The Morgan fingerprint density at radius 2 is 1.93 bits per heavy atom. The molecule has 0 aromatic heterocycles. The van der Waals surface area contributed by atoms with Gasteiger partial charge in [0.15, 0.2) is 6.10 Å². The van der Waals surface area contributed by atoms with Gasteiger partial charge in [0.2, 0.25) is 5.91 Å². The largest absolute Gasteiger partial charge is 0.387 e. The topological polar surface area (TPSA) is 128 Å². The molecule has 2 rings (SSSR count). The van der Waals surface area contributed by atoms with E-state index in [1.165, 1.54) is 13.2 Å². The van der Waals surface area contributed by atoms with Crippen LogP contribution in [0.3, 0.4) is 0 Å². The minimum Gasteiger partial charge on any atom is -0.387 e. The third-order valence-electron chi connectivity index (χ3n) is 4.66. The highest BCUT2D eigenvalue weighted by Crippen LogP contribution is 2.12. The summed E-state index contributed by atoms with van der Waals surface area (Å²) < 4.78 is 5.03. The van der Waals surface area contributed by atoms with E-state index < -0.39 is 36.4 Å². The molecular formula is C20H28N2O6. The third-order valence-corrected chi connectivity index (χ3v) is 4.66. The van der Waals surface area contributed by atoms with Crippen molar-refractivity contribution in [1.29, 1.82) is 0 Å². The molecule has 0 saturated carbocycles. The van der Waals surface area contributed by atoms with Gasteiger partial charge in [0, 0.05) is 13.7 Å². The van der Waals surface area contributed by atoms with E-state index in [0.717, 1.165) is 18.4 Å². The molecule has 5 N–H and O–H groups in total. The molecule has 28 heavy (non-hydrogen) atoms. The van der Waals surface area contributed by atoms with Gasteiger partial charge in [0.05, 0.1) is 0 Å². The molecule has 0 unspecified atom stereocenters. The second-order valence-corrected chi connectivity index (χ2v) is 6.75. The van der Waals surface area contributed by atoms with Crippen molar-refractivity contribution in [2.24, 2.45) is 0 Å². The molecule has 1 aliphatic rings. The summed E-state index contributed by atoms with van der Waals surface area (Å²) >= 11 is 0. The highest BCUT2D eigenvalue weighted by atomic mass is 16.5. The first kappa shape index (κ1) is 22.0. The van der Waals surface area contributed by atoms with Gasteiger partial charge in [0.25, 0.3) is 5.91 Å². The average Bonchev–Trinajstić information content (AvgIpc) is 2.91. The smallest absolute Gasteiger partial charge is 0.252 e. The Hall–Kier alpha value is -2.26. The number of carbonyl (C=O) groups is 2. The molecule has 1 aromatic carbocycles. The number of ether oxygens (including phenoxy) is 1. The van der Waals surface area contributed by atoms with Crippen LogP contribution in [0.25, 0.3) is 6.08 Å². The summed E-state index contributed by atoms with van der Waals surface area (Å²) in [5.41, 5.74) is 0.809. The molecule has 0 aliphatic carbocycles. The number of amides is 2. The van der Waals surface area contributed by atoms with Crippen LogP contribution in [0, 0.1) is 0 Å². The minimum atomic E-state index is -1.69. The third kappa shape index (κ3) is 6.13. The Labute approximate surface area is 164 Å². The molecule has 1 aromatic rings. The first-order valence-corrected chi connectivity index (χ1v) is 9.32. The maximum absolute atomic E-state index is 12.5. The van der Waals surface area contributed by atoms with Crippen molar-refractivity contribution in [3.63, 3.8) is 0 Å². The minimum absolute atomic E-state index is 0.290. The van der Waals surface area contributed by atoms with Gasteiger partial charge in [-0.1, -0.05) is 42.5 Å². The molecule has 8 nitrogen and oxygen atoms in total. The van der Waals surface area contributed by atoms with Gasteiger partial charge in [-0.2, -0.15) is 0 Å². The highest BCUT2D eigenvalue weighted by molar-refractivity contribution is 5.89. The number of hydrogen-bond acceptors (Lipinski definition) is 6. The fraction of sp³-hybridized carbons (Fsp3) is 0.500. The summed E-state index contributed by atoms with van der Waals surface area (Å²) in [6.45, 7) is 0.556. The van der Waals surface area contributed by atoms with E-state index in [1.54, 1.807) is 6.08 Å². The number of aliphatic hydroxyl groups is 3. The monoisotopic (exact) mass is 392 g/mol. The molecule has 154 valence electrons. The Kier molecular flexibility index (Phi) is 8.59. The number of nitrogens with one attached hydrogen (secondary N) is 2. The quantitative estimate of drug-likeness (QED) is 0.409. The van der Waals surface area contributed by atoms with Crippen molar-refractivity contribution in [1.82, 2.24) is 10.6 Å². The Balaban J connectivity index is 1.98. The van der Waals surface area contributed by atoms with E-state index in [9.17, 15) is 24.9 Å². The second kappa shape index (κ2) is 10.9. The maximum atomic E-state index is 12.5. The van der Waals surface area contributed by atoms with Gasteiger partial charge in [-0.3, -0.25) is 9.59 Å². The van der Waals surface area contributed by atoms with E-state index in [2.05, 4.69) is 10.6 Å². The Bertz CT molecular complexity index is 666.